The second kappa shape index (κ2) is 64.3. The summed E-state index contributed by atoms with van der Waals surface area (Å²) >= 11 is 0. The summed E-state index contributed by atoms with van der Waals surface area (Å²) in [6.07, 6.45) is 91.2. The fourth-order valence-electron chi connectivity index (χ4n) is 10.5. The summed E-state index contributed by atoms with van der Waals surface area (Å²) in [7, 11) is 0. The lowest BCUT2D eigenvalue weighted by Crippen LogP contribution is -2.60. The van der Waals surface area contributed by atoms with Gasteiger partial charge in [0, 0.05) is 6.42 Å². The van der Waals surface area contributed by atoms with Gasteiger partial charge in [0.25, 0.3) is 0 Å². The van der Waals surface area contributed by atoms with Crippen molar-refractivity contribution in [2.45, 2.75) is 333 Å². The van der Waals surface area contributed by atoms with Crippen LogP contribution in [0.15, 0.2) is 134 Å². The lowest BCUT2D eigenvalue weighted by atomic mass is 9.99. The van der Waals surface area contributed by atoms with Crippen LogP contribution in [0.4, 0.5) is 0 Å². The Morgan fingerprint density at radius 3 is 1.12 bits per heavy atom. The molecule has 1 saturated heterocycles. The third-order valence-electron chi connectivity index (χ3n) is 16.0. The number of nitrogens with one attached hydrogen (secondary N) is 1. The lowest BCUT2D eigenvalue weighted by Gasteiger charge is -2.40. The van der Waals surface area contributed by atoms with E-state index < -0.39 is 49.5 Å². The summed E-state index contributed by atoms with van der Waals surface area (Å²) in [5.41, 5.74) is 0. The number of hydrogen-bond acceptors (Lipinski definition) is 8. The van der Waals surface area contributed by atoms with Crippen LogP contribution in [0, 0.1) is 0 Å². The van der Waals surface area contributed by atoms with Gasteiger partial charge in [-0.05, 0) is 103 Å². The second-order valence-electron chi connectivity index (χ2n) is 23.9. The van der Waals surface area contributed by atoms with E-state index in [9.17, 15) is 30.3 Å². The van der Waals surface area contributed by atoms with Gasteiger partial charge in [0.15, 0.2) is 6.29 Å². The first-order valence-electron chi connectivity index (χ1n) is 35.4. The highest BCUT2D eigenvalue weighted by Gasteiger charge is 2.44. The van der Waals surface area contributed by atoms with Crippen LogP contribution in [0.2, 0.25) is 0 Å². The van der Waals surface area contributed by atoms with Crippen molar-refractivity contribution in [2.24, 2.45) is 0 Å². The maximum Gasteiger partial charge on any atom is 0.220 e. The topological polar surface area (TPSA) is 149 Å². The van der Waals surface area contributed by atoms with Crippen LogP contribution in [-0.2, 0) is 14.3 Å². The molecule has 0 radical (unpaired) electrons. The predicted molar refractivity (Wildman–Crippen MR) is 368 cm³/mol. The van der Waals surface area contributed by atoms with Crippen LogP contribution in [0.5, 0.6) is 0 Å². The van der Waals surface area contributed by atoms with Gasteiger partial charge in [-0.3, -0.25) is 4.79 Å². The number of rotatable bonds is 60. The molecule has 1 fully saturated rings. The van der Waals surface area contributed by atoms with E-state index in [0.717, 1.165) is 109 Å². The third kappa shape index (κ3) is 52.3. The number of unbranched alkanes of at least 4 members (excludes halogenated alkanes) is 30. The Balaban J connectivity index is 2.18. The minimum atomic E-state index is -1.58. The maximum absolute atomic E-state index is 13.1. The van der Waals surface area contributed by atoms with Crippen molar-refractivity contribution < 1.29 is 39.8 Å². The fourth-order valence-corrected chi connectivity index (χ4v) is 10.5. The largest absolute Gasteiger partial charge is 0.394 e. The molecule has 0 aromatic heterocycles. The quantitative estimate of drug-likeness (QED) is 0.0261. The van der Waals surface area contributed by atoms with Crippen molar-refractivity contribution in [3.05, 3.63) is 134 Å². The highest BCUT2D eigenvalue weighted by molar-refractivity contribution is 5.76. The van der Waals surface area contributed by atoms with Crippen molar-refractivity contribution in [2.75, 3.05) is 13.2 Å². The number of carbonyl (C=O) groups excluding carboxylic acids is 1. The minimum absolute atomic E-state index is 0.196. The second-order valence-corrected chi connectivity index (χ2v) is 23.9. The Morgan fingerprint density at radius 2 is 0.733 bits per heavy atom. The molecule has 9 heteroatoms. The zero-order valence-corrected chi connectivity index (χ0v) is 55.0. The molecule has 492 valence electrons. The zero-order chi connectivity index (χ0) is 62.1. The molecule has 86 heavy (non-hydrogen) atoms. The highest BCUT2D eigenvalue weighted by Crippen LogP contribution is 2.23. The van der Waals surface area contributed by atoms with E-state index in [0.29, 0.717) is 6.42 Å². The first-order chi connectivity index (χ1) is 42.3. The molecule has 9 nitrogen and oxygen atoms in total. The molecular weight excluding hydrogens is 1070 g/mol. The molecule has 1 rings (SSSR count). The van der Waals surface area contributed by atoms with Crippen molar-refractivity contribution in [3.8, 4) is 0 Å². The lowest BCUT2D eigenvalue weighted by molar-refractivity contribution is -0.302. The monoisotopic (exact) mass is 1200 g/mol. The molecule has 1 aliphatic heterocycles. The normalized spacial score (nSPS) is 18.9. The van der Waals surface area contributed by atoms with E-state index in [2.05, 4.69) is 141 Å². The van der Waals surface area contributed by atoms with Gasteiger partial charge in [-0.25, -0.2) is 0 Å². The van der Waals surface area contributed by atoms with Gasteiger partial charge in [-0.2, -0.15) is 0 Å². The van der Waals surface area contributed by atoms with E-state index in [4.69, 9.17) is 9.47 Å². The molecule has 0 aromatic carbocycles. The SMILES string of the molecule is CC/C=C\C/C=C\C/C=C\C/C=C\C/C=C\C/C=C\C/C=C\C/C=C\C/C=C\CCCCCCCCCCCC(=O)NC(COC1OC(CO)C(O)C(O)C1O)C(O)/C=C/CC/C=C/CCCCCCCCCCCCCCCCCCCCCC. The average molecular weight is 1200 g/mol. The summed E-state index contributed by atoms with van der Waals surface area (Å²) in [5, 5.41) is 54.7. The summed E-state index contributed by atoms with van der Waals surface area (Å²) in [5.74, 6) is -0.196. The van der Waals surface area contributed by atoms with Gasteiger partial charge >= 0.3 is 0 Å². The van der Waals surface area contributed by atoms with Crippen molar-refractivity contribution in [1.29, 1.82) is 0 Å². The summed E-state index contributed by atoms with van der Waals surface area (Å²) in [6.45, 7) is 3.67. The van der Waals surface area contributed by atoms with Gasteiger partial charge < -0.3 is 40.3 Å². The molecule has 0 saturated carbocycles. The molecule has 0 spiro atoms. The predicted octanol–water partition coefficient (Wildman–Crippen LogP) is 19.6. The van der Waals surface area contributed by atoms with E-state index in [-0.39, 0.29) is 12.5 Å². The van der Waals surface area contributed by atoms with Gasteiger partial charge in [0.2, 0.25) is 5.91 Å². The maximum atomic E-state index is 13.1. The first kappa shape index (κ1) is 80.3. The van der Waals surface area contributed by atoms with Gasteiger partial charge in [0.1, 0.15) is 24.4 Å². The Labute approximate surface area is 528 Å². The standard InChI is InChI=1S/C77H131NO8/c1-3-5-7-9-11-13-15-17-19-21-23-25-27-29-31-32-33-34-35-36-37-38-39-40-41-43-45-47-49-51-53-55-57-59-61-63-65-67-73(81)78-70(69-85-77-76(84)75(83)74(82)72(68-79)86-77)71(80)66-64-62-60-58-56-54-52-50-48-46-44-42-30-28-26-24-22-20-18-16-14-12-10-8-6-4-2/h5,7,11,13,17,19,23,25,29,31,33-34,36-37,39-40,43,45,56,58,64,66,70-72,74-77,79-80,82-84H,3-4,6,8-10,12,14-16,18,20-22,24,26-28,30,32,35,38,41-42,44,46-55,57,59-63,65,67-69H2,1-2H3,(H,78,81)/b7-5-,13-11-,19-17-,25-23-,31-29-,34-33-,37-36-,40-39-,45-43-,58-56+,66-64+. The van der Waals surface area contributed by atoms with Crippen LogP contribution >= 0.6 is 0 Å². The summed E-state index contributed by atoms with van der Waals surface area (Å²) < 4.78 is 11.3. The number of allylic oxidation sites excluding steroid dienone is 21. The third-order valence-corrected chi connectivity index (χ3v) is 16.0. The molecule has 0 aromatic rings. The number of aliphatic hydroxyl groups is 5. The molecule has 1 aliphatic rings. The van der Waals surface area contributed by atoms with Gasteiger partial charge in [0.05, 0.1) is 25.4 Å². The van der Waals surface area contributed by atoms with Crippen LogP contribution < -0.4 is 5.32 Å². The number of amides is 1. The average Bonchev–Trinajstić information content (AvgIpc) is 2.44. The molecule has 7 atom stereocenters. The summed E-state index contributed by atoms with van der Waals surface area (Å²) in [6, 6.07) is -0.836. The summed E-state index contributed by atoms with van der Waals surface area (Å²) in [4.78, 5) is 13.1. The van der Waals surface area contributed by atoms with Crippen LogP contribution in [0.1, 0.15) is 290 Å². The van der Waals surface area contributed by atoms with E-state index >= 15 is 0 Å². The van der Waals surface area contributed by atoms with Crippen molar-refractivity contribution >= 4 is 5.91 Å². The highest BCUT2D eigenvalue weighted by atomic mass is 16.7. The van der Waals surface area contributed by atoms with E-state index in [1.165, 1.54) is 161 Å². The molecule has 1 heterocycles. The molecule has 6 N–H and O–H groups in total. The Kier molecular flexibility index (Phi) is 60.1. The number of hydrogen-bond donors (Lipinski definition) is 6. The number of ether oxygens (including phenoxy) is 2. The van der Waals surface area contributed by atoms with Gasteiger partial charge in [-0.15, -0.1) is 0 Å². The smallest absolute Gasteiger partial charge is 0.220 e. The molecule has 7 unspecified atom stereocenters. The van der Waals surface area contributed by atoms with E-state index in [1.807, 2.05) is 6.08 Å². The fraction of sp³-hybridized carbons (Fsp3) is 0.701. The Hall–Kier alpha value is -3.67. The number of aliphatic hydroxyl groups excluding tert-OH is 5. The van der Waals surface area contributed by atoms with Crippen molar-refractivity contribution in [3.63, 3.8) is 0 Å². The van der Waals surface area contributed by atoms with E-state index in [1.54, 1.807) is 6.08 Å². The Morgan fingerprint density at radius 1 is 0.407 bits per heavy atom. The first-order valence-corrected chi connectivity index (χ1v) is 35.4. The molecule has 1 amide bonds. The minimum Gasteiger partial charge on any atom is -0.394 e. The van der Waals surface area contributed by atoms with Crippen LogP contribution in [-0.4, -0.2) is 87.5 Å². The Bertz CT molecular complexity index is 1820. The zero-order valence-electron chi connectivity index (χ0n) is 55.0. The number of carbonyl (C=O) groups is 1. The van der Waals surface area contributed by atoms with Crippen LogP contribution in [0.25, 0.3) is 0 Å². The van der Waals surface area contributed by atoms with Gasteiger partial charge in [-0.1, -0.05) is 314 Å². The molecular formula is C77H131NO8. The van der Waals surface area contributed by atoms with Crippen LogP contribution in [0.3, 0.4) is 0 Å². The molecule has 0 bridgehead atoms. The van der Waals surface area contributed by atoms with Crippen molar-refractivity contribution in [1.82, 2.24) is 5.32 Å². The molecule has 0 aliphatic carbocycles.